The molecule has 0 spiro atoms. The first-order valence-electron chi connectivity index (χ1n) is 8.55. The number of carbonyl (C=O) groups excluding carboxylic acids is 2. The summed E-state index contributed by atoms with van der Waals surface area (Å²) >= 11 is 1.59. The predicted octanol–water partition coefficient (Wildman–Crippen LogP) is 2.75. The second-order valence-corrected chi connectivity index (χ2v) is 9.39. The summed E-state index contributed by atoms with van der Waals surface area (Å²) in [5.74, 6) is -0.0606. The smallest absolute Gasteiger partial charge is 0.269 e. The molecule has 2 aromatic rings. The Morgan fingerprint density at radius 1 is 1.30 bits per heavy atom. The van der Waals surface area contributed by atoms with Crippen LogP contribution in [0.1, 0.15) is 40.5 Å². The standard InChI is InChI=1S/C18H17N3O4S2/c1-2-26-16-8-4-12(10-19-16)20-17(22)11-3-7-14-15(9-11)27(24,25)21(18(14)23)13-5-6-13/h3-4,7-10,13H,2,5-6H2,1H3,(H,20,22). The molecule has 0 saturated heterocycles. The molecule has 0 unspecified atom stereocenters. The number of thioether (sulfide) groups is 1. The third-order valence-electron chi connectivity index (χ3n) is 4.38. The maximum absolute atomic E-state index is 12.7. The molecular formula is C18H17N3O4S2. The van der Waals surface area contributed by atoms with Gasteiger partial charge in [-0.2, -0.15) is 0 Å². The van der Waals surface area contributed by atoms with Gasteiger partial charge in [0, 0.05) is 11.6 Å². The van der Waals surface area contributed by atoms with Crippen LogP contribution in [-0.4, -0.2) is 41.3 Å². The summed E-state index contributed by atoms with van der Waals surface area (Å²) in [6.07, 6.45) is 2.93. The van der Waals surface area contributed by atoms with E-state index in [1.807, 2.05) is 13.0 Å². The number of anilines is 1. The lowest BCUT2D eigenvalue weighted by Crippen LogP contribution is -2.31. The topological polar surface area (TPSA) is 96.4 Å². The third kappa shape index (κ3) is 3.21. The summed E-state index contributed by atoms with van der Waals surface area (Å²) in [6.45, 7) is 2.03. The SMILES string of the molecule is CCSc1ccc(NC(=O)c2ccc3c(c2)S(=O)(=O)N(C2CC2)C3=O)cn1. The molecule has 1 saturated carbocycles. The van der Waals surface area contributed by atoms with Crippen molar-refractivity contribution >= 4 is 39.3 Å². The van der Waals surface area contributed by atoms with Crippen LogP contribution in [-0.2, 0) is 10.0 Å². The minimum Gasteiger partial charge on any atom is -0.321 e. The molecule has 2 aliphatic rings. The third-order valence-corrected chi connectivity index (χ3v) is 7.08. The van der Waals surface area contributed by atoms with Gasteiger partial charge in [-0.1, -0.05) is 6.92 Å². The average molecular weight is 403 g/mol. The molecule has 1 aromatic heterocycles. The van der Waals surface area contributed by atoms with Gasteiger partial charge >= 0.3 is 0 Å². The Bertz CT molecular complexity index is 1030. The second-order valence-electron chi connectivity index (χ2n) is 6.32. The van der Waals surface area contributed by atoms with Crippen molar-refractivity contribution in [3.63, 3.8) is 0 Å². The highest BCUT2D eigenvalue weighted by molar-refractivity contribution is 7.99. The summed E-state index contributed by atoms with van der Waals surface area (Å²) in [5.41, 5.74) is 0.815. The highest BCUT2D eigenvalue weighted by Crippen LogP contribution is 2.39. The summed E-state index contributed by atoms with van der Waals surface area (Å²) in [6, 6.07) is 7.44. The fraction of sp³-hybridized carbons (Fsp3) is 0.278. The maximum Gasteiger partial charge on any atom is 0.269 e. The molecule has 2 heterocycles. The number of nitrogens with one attached hydrogen (secondary N) is 1. The monoisotopic (exact) mass is 403 g/mol. The van der Waals surface area contributed by atoms with E-state index in [4.69, 9.17) is 0 Å². The molecule has 0 bridgehead atoms. The fourth-order valence-corrected chi connectivity index (χ4v) is 5.38. The number of aromatic nitrogens is 1. The van der Waals surface area contributed by atoms with Crippen molar-refractivity contribution in [2.75, 3.05) is 11.1 Å². The van der Waals surface area contributed by atoms with Crippen LogP contribution in [0, 0.1) is 0 Å². The zero-order chi connectivity index (χ0) is 19.2. The first-order valence-corrected chi connectivity index (χ1v) is 11.0. The van der Waals surface area contributed by atoms with Crippen molar-refractivity contribution in [3.05, 3.63) is 47.7 Å². The van der Waals surface area contributed by atoms with Crippen LogP contribution in [0.15, 0.2) is 46.5 Å². The second kappa shape index (κ2) is 6.65. The molecule has 1 fully saturated rings. The molecule has 7 nitrogen and oxygen atoms in total. The van der Waals surface area contributed by atoms with Crippen molar-refractivity contribution in [1.29, 1.82) is 0 Å². The largest absolute Gasteiger partial charge is 0.321 e. The Balaban J connectivity index is 1.58. The van der Waals surface area contributed by atoms with Crippen molar-refractivity contribution in [3.8, 4) is 0 Å². The lowest BCUT2D eigenvalue weighted by Gasteiger charge is -2.13. The molecule has 140 valence electrons. The van der Waals surface area contributed by atoms with Crippen molar-refractivity contribution < 1.29 is 18.0 Å². The van der Waals surface area contributed by atoms with Gasteiger partial charge in [0.25, 0.3) is 21.8 Å². The van der Waals surface area contributed by atoms with Crippen LogP contribution >= 0.6 is 11.8 Å². The number of nitrogens with zero attached hydrogens (tertiary/aromatic N) is 2. The molecule has 4 rings (SSSR count). The van der Waals surface area contributed by atoms with Crippen LogP contribution in [0.2, 0.25) is 0 Å². The van der Waals surface area contributed by atoms with Crippen LogP contribution < -0.4 is 5.32 Å². The predicted molar refractivity (Wildman–Crippen MR) is 101 cm³/mol. The van der Waals surface area contributed by atoms with Crippen LogP contribution in [0.3, 0.4) is 0 Å². The van der Waals surface area contributed by atoms with Gasteiger partial charge in [-0.25, -0.2) is 17.7 Å². The van der Waals surface area contributed by atoms with Gasteiger partial charge in [0.1, 0.15) is 4.90 Å². The lowest BCUT2D eigenvalue weighted by molar-refractivity contribution is 0.0864. The molecule has 1 N–H and O–H groups in total. The number of hydrogen-bond acceptors (Lipinski definition) is 6. The number of rotatable bonds is 5. The summed E-state index contributed by atoms with van der Waals surface area (Å²) < 4.78 is 26.3. The number of amides is 2. The number of fused-ring (bicyclic) bond motifs is 1. The van der Waals surface area contributed by atoms with E-state index in [9.17, 15) is 18.0 Å². The summed E-state index contributed by atoms with van der Waals surface area (Å²) in [5, 5.41) is 3.56. The number of benzene rings is 1. The van der Waals surface area contributed by atoms with E-state index >= 15 is 0 Å². The van der Waals surface area contributed by atoms with Crippen LogP contribution in [0.25, 0.3) is 0 Å². The normalized spacial score (nSPS) is 17.7. The van der Waals surface area contributed by atoms with Gasteiger partial charge in [0.15, 0.2) is 0 Å². The zero-order valence-electron chi connectivity index (χ0n) is 14.5. The highest BCUT2D eigenvalue weighted by Gasteiger charge is 2.48. The average Bonchev–Trinajstić information content (AvgIpc) is 3.44. The van der Waals surface area contributed by atoms with E-state index < -0.39 is 21.8 Å². The van der Waals surface area contributed by atoms with Crippen LogP contribution in [0.4, 0.5) is 5.69 Å². The minimum atomic E-state index is -3.88. The first-order chi connectivity index (χ1) is 12.9. The quantitative estimate of drug-likeness (QED) is 0.771. The Morgan fingerprint density at radius 2 is 2.07 bits per heavy atom. The van der Waals surface area contributed by atoms with E-state index in [1.54, 1.807) is 24.0 Å². The van der Waals surface area contributed by atoms with Crippen molar-refractivity contribution in [2.45, 2.75) is 35.7 Å². The number of hydrogen-bond donors (Lipinski definition) is 1. The number of pyridine rings is 1. The Hall–Kier alpha value is -2.39. The minimum absolute atomic E-state index is 0.0973. The molecule has 1 aromatic carbocycles. The van der Waals surface area contributed by atoms with Crippen molar-refractivity contribution in [1.82, 2.24) is 9.29 Å². The highest BCUT2D eigenvalue weighted by atomic mass is 32.2. The molecule has 0 atom stereocenters. The van der Waals surface area contributed by atoms with E-state index in [1.165, 1.54) is 18.2 Å². The number of carbonyl (C=O) groups is 2. The van der Waals surface area contributed by atoms with Gasteiger partial charge in [0.05, 0.1) is 22.5 Å². The Labute approximate surface area is 161 Å². The molecular weight excluding hydrogens is 386 g/mol. The van der Waals surface area contributed by atoms with Gasteiger partial charge in [0.2, 0.25) is 0 Å². The van der Waals surface area contributed by atoms with Gasteiger partial charge < -0.3 is 5.32 Å². The zero-order valence-corrected chi connectivity index (χ0v) is 16.1. The van der Waals surface area contributed by atoms with E-state index in [2.05, 4.69) is 10.3 Å². The summed E-state index contributed by atoms with van der Waals surface area (Å²) in [4.78, 5) is 29.0. The van der Waals surface area contributed by atoms with E-state index in [0.717, 1.165) is 15.1 Å². The Kier molecular flexibility index (Phi) is 4.43. The molecule has 1 aliphatic heterocycles. The van der Waals surface area contributed by atoms with E-state index in [0.29, 0.717) is 18.5 Å². The lowest BCUT2D eigenvalue weighted by atomic mass is 10.1. The van der Waals surface area contributed by atoms with Gasteiger partial charge in [-0.3, -0.25) is 9.59 Å². The fourth-order valence-electron chi connectivity index (χ4n) is 2.95. The van der Waals surface area contributed by atoms with E-state index in [-0.39, 0.29) is 22.1 Å². The first kappa shape index (κ1) is 18.0. The number of sulfonamides is 1. The van der Waals surface area contributed by atoms with Crippen molar-refractivity contribution in [2.24, 2.45) is 0 Å². The molecule has 2 amide bonds. The maximum atomic E-state index is 12.7. The molecule has 27 heavy (non-hydrogen) atoms. The molecule has 0 radical (unpaired) electrons. The Morgan fingerprint density at radius 3 is 2.70 bits per heavy atom. The van der Waals surface area contributed by atoms with Crippen LogP contribution in [0.5, 0.6) is 0 Å². The van der Waals surface area contributed by atoms with Gasteiger partial charge in [-0.05, 0) is 48.9 Å². The molecule has 1 aliphatic carbocycles. The summed E-state index contributed by atoms with van der Waals surface area (Å²) in [7, 11) is -3.88. The van der Waals surface area contributed by atoms with Gasteiger partial charge in [-0.15, -0.1) is 11.8 Å². The molecule has 9 heteroatoms.